The van der Waals surface area contributed by atoms with Crippen LogP contribution in [0.4, 0.5) is 4.79 Å². The second-order valence-corrected chi connectivity index (χ2v) is 13.1. The van der Waals surface area contributed by atoms with Crippen LogP contribution >= 0.6 is 22.6 Å². The van der Waals surface area contributed by atoms with E-state index in [1.54, 1.807) is 47.4 Å². The molecule has 5 rings (SSSR count). The van der Waals surface area contributed by atoms with Crippen LogP contribution in [-0.4, -0.2) is 40.5 Å². The van der Waals surface area contributed by atoms with Crippen LogP contribution in [0, 0.1) is 3.70 Å². The van der Waals surface area contributed by atoms with Crippen LogP contribution in [0.15, 0.2) is 71.8 Å². The summed E-state index contributed by atoms with van der Waals surface area (Å²) >= 11 is 2.00. The summed E-state index contributed by atoms with van der Waals surface area (Å²) in [5.41, 5.74) is 1.86. The lowest BCUT2D eigenvalue weighted by atomic mass is 9.93. The molecule has 0 aliphatic carbocycles. The molecule has 0 radical (unpaired) electrons. The van der Waals surface area contributed by atoms with Gasteiger partial charge in [0.15, 0.2) is 5.65 Å². The molecule has 2 aromatic heterocycles. The van der Waals surface area contributed by atoms with Gasteiger partial charge in [-0.3, -0.25) is 0 Å². The highest BCUT2D eigenvalue weighted by molar-refractivity contribution is 14.1. The number of ether oxygens (including phenoxy) is 2. The highest BCUT2D eigenvalue weighted by Crippen LogP contribution is 2.37. The predicted molar refractivity (Wildman–Crippen MR) is 153 cm³/mol. The SMILES string of the molecule is C[C@H]1c2cc(Oc3ccnc4c3cc(I)n4S(=O)(=O)c3ccccc3)ccc2CCN1C(=O)OC(C)(C)C. The largest absolute Gasteiger partial charge is 0.457 e. The number of pyridine rings is 1. The Morgan fingerprint density at radius 1 is 1.08 bits per heavy atom. The van der Waals surface area contributed by atoms with E-state index in [0.29, 0.717) is 27.1 Å². The zero-order valence-electron chi connectivity index (χ0n) is 21.5. The van der Waals surface area contributed by atoms with Gasteiger partial charge in [0, 0.05) is 12.7 Å². The molecule has 38 heavy (non-hydrogen) atoms. The van der Waals surface area contributed by atoms with Crippen LogP contribution in [0.2, 0.25) is 0 Å². The lowest BCUT2D eigenvalue weighted by Gasteiger charge is -2.36. The smallest absolute Gasteiger partial charge is 0.410 e. The number of hydrogen-bond acceptors (Lipinski definition) is 6. The Hall–Kier alpha value is -3.12. The molecule has 0 saturated heterocycles. The fourth-order valence-electron chi connectivity index (χ4n) is 4.59. The van der Waals surface area contributed by atoms with Crippen molar-refractivity contribution in [3.8, 4) is 11.5 Å². The Labute approximate surface area is 235 Å². The second-order valence-electron chi connectivity index (χ2n) is 10.2. The molecular weight excluding hydrogens is 617 g/mol. The first-order valence-electron chi connectivity index (χ1n) is 12.2. The molecule has 2 aromatic carbocycles. The molecular formula is C28H28IN3O5S. The van der Waals surface area contributed by atoms with Crippen molar-refractivity contribution in [2.75, 3.05) is 6.54 Å². The summed E-state index contributed by atoms with van der Waals surface area (Å²) in [6.45, 7) is 8.13. The van der Waals surface area contributed by atoms with Gasteiger partial charge >= 0.3 is 6.09 Å². The highest BCUT2D eigenvalue weighted by Gasteiger charge is 2.31. The Balaban J connectivity index is 1.48. The lowest BCUT2D eigenvalue weighted by Crippen LogP contribution is -2.42. The third kappa shape index (κ3) is 4.98. The van der Waals surface area contributed by atoms with Crippen molar-refractivity contribution >= 4 is 49.7 Å². The number of rotatable bonds is 4. The van der Waals surface area contributed by atoms with E-state index in [9.17, 15) is 13.2 Å². The third-order valence-electron chi connectivity index (χ3n) is 6.37. The van der Waals surface area contributed by atoms with Gasteiger partial charge in [-0.05, 0) is 104 Å². The van der Waals surface area contributed by atoms with Crippen molar-refractivity contribution in [3.63, 3.8) is 0 Å². The van der Waals surface area contributed by atoms with Gasteiger partial charge in [0.25, 0.3) is 10.0 Å². The summed E-state index contributed by atoms with van der Waals surface area (Å²) in [7, 11) is -3.85. The predicted octanol–water partition coefficient (Wildman–Crippen LogP) is 6.52. The van der Waals surface area contributed by atoms with Crippen molar-refractivity contribution in [1.29, 1.82) is 0 Å². The van der Waals surface area contributed by atoms with Gasteiger partial charge in [-0.2, -0.15) is 0 Å². The zero-order chi connectivity index (χ0) is 27.2. The van der Waals surface area contributed by atoms with Crippen LogP contribution in [0.1, 0.15) is 44.9 Å². The monoisotopic (exact) mass is 645 g/mol. The van der Waals surface area contributed by atoms with Crippen LogP contribution < -0.4 is 4.74 Å². The number of carbonyl (C=O) groups is 1. The third-order valence-corrected chi connectivity index (χ3v) is 9.21. The highest BCUT2D eigenvalue weighted by atomic mass is 127. The van der Waals surface area contributed by atoms with E-state index < -0.39 is 15.6 Å². The molecule has 10 heteroatoms. The summed E-state index contributed by atoms with van der Waals surface area (Å²) < 4.78 is 40.4. The molecule has 3 heterocycles. The minimum atomic E-state index is -3.85. The van der Waals surface area contributed by atoms with Crippen LogP contribution in [-0.2, 0) is 21.2 Å². The average molecular weight is 646 g/mol. The van der Waals surface area contributed by atoms with Gasteiger partial charge in [0.1, 0.15) is 17.1 Å². The van der Waals surface area contributed by atoms with E-state index in [1.807, 2.05) is 68.5 Å². The number of halogens is 1. The van der Waals surface area contributed by atoms with Gasteiger partial charge in [-0.15, -0.1) is 0 Å². The summed E-state index contributed by atoms with van der Waals surface area (Å²) in [5.74, 6) is 1.07. The molecule has 198 valence electrons. The molecule has 1 atom stereocenters. The van der Waals surface area contributed by atoms with Crippen LogP contribution in [0.25, 0.3) is 11.0 Å². The Bertz CT molecular complexity index is 1630. The maximum Gasteiger partial charge on any atom is 0.410 e. The maximum absolute atomic E-state index is 13.4. The molecule has 1 aliphatic rings. The minimum Gasteiger partial charge on any atom is -0.457 e. The molecule has 0 spiro atoms. The van der Waals surface area contributed by atoms with Gasteiger partial charge in [0.05, 0.1) is 20.0 Å². The Kier molecular flexibility index (Phi) is 6.89. The van der Waals surface area contributed by atoms with Gasteiger partial charge in [-0.25, -0.2) is 22.2 Å². The summed E-state index contributed by atoms with van der Waals surface area (Å²) in [6.07, 6.45) is 1.92. The number of nitrogens with zero attached hydrogens (tertiary/aromatic N) is 3. The summed E-state index contributed by atoms with van der Waals surface area (Å²) in [6, 6.07) is 17.4. The standard InChI is InChI=1S/C28H28IN3O5S/c1-18-22-16-20(11-10-19(22)13-15-31(18)27(33)37-28(2,3)4)36-24-12-14-30-26-23(24)17-25(29)32(26)38(34,35)21-8-6-5-7-9-21/h5-12,14,16-18H,13,15H2,1-4H3/t18-/m0/s1. The molecule has 0 saturated carbocycles. The van der Waals surface area contributed by atoms with Gasteiger partial charge < -0.3 is 14.4 Å². The Morgan fingerprint density at radius 3 is 2.53 bits per heavy atom. The number of hydrogen-bond donors (Lipinski definition) is 0. The summed E-state index contributed by atoms with van der Waals surface area (Å²) in [4.78, 5) is 19.1. The number of aromatic nitrogens is 2. The van der Waals surface area contributed by atoms with Crippen molar-refractivity contribution < 1.29 is 22.7 Å². The minimum absolute atomic E-state index is 0.182. The first kappa shape index (κ1) is 26.5. The zero-order valence-corrected chi connectivity index (χ0v) is 24.5. The van der Waals surface area contributed by atoms with Gasteiger partial charge in [-0.1, -0.05) is 24.3 Å². The fraction of sp³-hybridized carbons (Fsp3) is 0.286. The van der Waals surface area contributed by atoms with Crippen LogP contribution in [0.5, 0.6) is 11.5 Å². The molecule has 0 unspecified atom stereocenters. The van der Waals surface area contributed by atoms with Crippen molar-refractivity contribution in [2.45, 2.75) is 50.7 Å². The molecule has 8 nitrogen and oxygen atoms in total. The van der Waals surface area contributed by atoms with Crippen molar-refractivity contribution in [1.82, 2.24) is 13.9 Å². The molecule has 1 amide bonds. The van der Waals surface area contributed by atoms with E-state index in [-0.39, 0.29) is 22.7 Å². The lowest BCUT2D eigenvalue weighted by molar-refractivity contribution is 0.0159. The normalized spacial score (nSPS) is 15.8. The number of carbonyl (C=O) groups excluding carboxylic acids is 1. The molecule has 0 fully saturated rings. The van der Waals surface area contributed by atoms with Gasteiger partial charge in [0.2, 0.25) is 0 Å². The molecule has 0 bridgehead atoms. The average Bonchev–Trinajstić information content (AvgIpc) is 3.21. The number of benzene rings is 2. The molecule has 1 aliphatic heterocycles. The first-order chi connectivity index (χ1) is 18.0. The summed E-state index contributed by atoms with van der Waals surface area (Å²) in [5, 5.41) is 0.581. The van der Waals surface area contributed by atoms with E-state index in [4.69, 9.17) is 9.47 Å². The maximum atomic E-state index is 13.4. The van der Waals surface area contributed by atoms with E-state index in [1.165, 1.54) is 10.2 Å². The first-order valence-corrected chi connectivity index (χ1v) is 14.7. The Morgan fingerprint density at radius 2 is 1.82 bits per heavy atom. The topological polar surface area (TPSA) is 90.7 Å². The van der Waals surface area contributed by atoms with Crippen molar-refractivity contribution in [2.24, 2.45) is 0 Å². The molecule has 0 N–H and O–H groups in total. The molecule has 4 aromatic rings. The fourth-order valence-corrected chi connectivity index (χ4v) is 7.27. The van der Waals surface area contributed by atoms with Crippen LogP contribution in [0.3, 0.4) is 0 Å². The quantitative estimate of drug-likeness (QED) is 0.235. The van der Waals surface area contributed by atoms with E-state index >= 15 is 0 Å². The second kappa shape index (κ2) is 9.88. The number of amides is 1. The van der Waals surface area contributed by atoms with E-state index in [0.717, 1.165) is 17.5 Å². The number of fused-ring (bicyclic) bond motifs is 2. The van der Waals surface area contributed by atoms with Crippen molar-refractivity contribution in [3.05, 3.63) is 81.7 Å². The van der Waals surface area contributed by atoms with E-state index in [2.05, 4.69) is 4.98 Å².